The maximum atomic E-state index is 6.05. The van der Waals surface area contributed by atoms with Gasteiger partial charge in [-0.2, -0.15) is 5.10 Å². The Morgan fingerprint density at radius 2 is 2.12 bits per heavy atom. The normalized spacial score (nSPS) is 11.1. The zero-order valence-corrected chi connectivity index (χ0v) is 10.8. The molecule has 0 saturated heterocycles. The van der Waals surface area contributed by atoms with E-state index in [9.17, 15) is 0 Å². The fourth-order valence-corrected chi connectivity index (χ4v) is 2.08. The lowest BCUT2D eigenvalue weighted by atomic mass is 10.0. The van der Waals surface area contributed by atoms with E-state index in [1.165, 1.54) is 0 Å². The molecule has 0 aliphatic rings. The zero-order valence-electron chi connectivity index (χ0n) is 10.0. The van der Waals surface area contributed by atoms with Crippen molar-refractivity contribution < 1.29 is 0 Å². The summed E-state index contributed by atoms with van der Waals surface area (Å²) < 4.78 is 1.98. The number of hydrogen-bond acceptors (Lipinski definition) is 2. The summed E-state index contributed by atoms with van der Waals surface area (Å²) in [7, 11) is 0. The summed E-state index contributed by atoms with van der Waals surface area (Å²) in [4.78, 5) is 0. The third-order valence-corrected chi connectivity index (χ3v) is 2.96. The molecule has 2 rings (SSSR count). The summed E-state index contributed by atoms with van der Waals surface area (Å²) in [5.41, 5.74) is 8.96. The summed E-state index contributed by atoms with van der Waals surface area (Å²) in [6.07, 6.45) is 1.80. The molecule has 0 atom stereocenters. The van der Waals surface area contributed by atoms with E-state index in [1.807, 2.05) is 28.9 Å². The summed E-state index contributed by atoms with van der Waals surface area (Å²) in [5.74, 6) is 0. The first-order chi connectivity index (χ1) is 8.13. The highest BCUT2D eigenvalue weighted by atomic mass is 35.5. The summed E-state index contributed by atoms with van der Waals surface area (Å²) in [6.45, 7) is 4.70. The second kappa shape index (κ2) is 4.90. The monoisotopic (exact) mass is 249 g/mol. The third kappa shape index (κ3) is 2.35. The average molecular weight is 250 g/mol. The van der Waals surface area contributed by atoms with Gasteiger partial charge in [-0.3, -0.25) is 4.68 Å². The number of aromatic nitrogens is 2. The van der Waals surface area contributed by atoms with Gasteiger partial charge in [-0.25, -0.2) is 0 Å². The van der Waals surface area contributed by atoms with Gasteiger partial charge in [0.05, 0.1) is 5.69 Å². The summed E-state index contributed by atoms with van der Waals surface area (Å²) >= 11 is 6.05. The average Bonchev–Trinajstić information content (AvgIpc) is 2.77. The number of hydrogen-bond donors (Lipinski definition) is 1. The molecule has 3 nitrogen and oxygen atoms in total. The molecule has 0 amide bonds. The Balaban J connectivity index is 2.59. The van der Waals surface area contributed by atoms with Gasteiger partial charge in [-0.05, 0) is 37.6 Å². The predicted molar refractivity (Wildman–Crippen MR) is 70.9 cm³/mol. The molecular formula is C13H16ClN3. The molecular weight excluding hydrogens is 234 g/mol. The Labute approximate surface area is 106 Å². The van der Waals surface area contributed by atoms with Gasteiger partial charge >= 0.3 is 0 Å². The molecule has 0 bridgehead atoms. The van der Waals surface area contributed by atoms with Crippen molar-refractivity contribution in [2.24, 2.45) is 5.73 Å². The third-order valence-electron chi connectivity index (χ3n) is 2.73. The Hall–Kier alpha value is -1.32. The van der Waals surface area contributed by atoms with Gasteiger partial charge in [-0.1, -0.05) is 17.7 Å². The number of rotatable bonds is 3. The largest absolute Gasteiger partial charge is 0.326 e. The molecule has 4 heteroatoms. The highest BCUT2D eigenvalue weighted by molar-refractivity contribution is 6.30. The van der Waals surface area contributed by atoms with Gasteiger partial charge < -0.3 is 5.73 Å². The van der Waals surface area contributed by atoms with Crippen LogP contribution in [0, 0.1) is 0 Å². The van der Waals surface area contributed by atoms with Crippen LogP contribution in [0.4, 0.5) is 0 Å². The van der Waals surface area contributed by atoms with E-state index < -0.39 is 0 Å². The zero-order chi connectivity index (χ0) is 12.4. The van der Waals surface area contributed by atoms with Crippen LogP contribution in [0.15, 0.2) is 30.5 Å². The Bertz CT molecular complexity index is 517. The fourth-order valence-electron chi connectivity index (χ4n) is 1.90. The first-order valence-corrected chi connectivity index (χ1v) is 6.03. The SMILES string of the molecule is CC(C)n1nccc1-c1cc(Cl)ccc1CN. The molecule has 17 heavy (non-hydrogen) atoms. The standard InChI is InChI=1S/C13H16ClN3/c1-9(2)17-13(5-6-16-17)12-7-11(14)4-3-10(12)8-15/h3-7,9H,8,15H2,1-2H3. The summed E-state index contributed by atoms with van der Waals surface area (Å²) in [5, 5.41) is 5.05. The van der Waals surface area contributed by atoms with Crippen molar-refractivity contribution in [2.75, 3.05) is 0 Å². The van der Waals surface area contributed by atoms with Gasteiger partial charge in [0.1, 0.15) is 0 Å². The van der Waals surface area contributed by atoms with E-state index in [0.717, 1.165) is 16.8 Å². The second-order valence-corrected chi connectivity index (χ2v) is 4.70. The van der Waals surface area contributed by atoms with Gasteiger partial charge in [0.15, 0.2) is 0 Å². The molecule has 2 N–H and O–H groups in total. The number of nitrogens with zero attached hydrogens (tertiary/aromatic N) is 2. The van der Waals surface area contributed by atoms with Crippen molar-refractivity contribution in [3.63, 3.8) is 0 Å². The minimum absolute atomic E-state index is 0.310. The molecule has 1 heterocycles. The van der Waals surface area contributed by atoms with Gasteiger partial charge in [0.2, 0.25) is 0 Å². The molecule has 0 saturated carbocycles. The van der Waals surface area contributed by atoms with Crippen molar-refractivity contribution >= 4 is 11.6 Å². The van der Waals surface area contributed by atoms with Gasteiger partial charge in [0.25, 0.3) is 0 Å². The number of nitrogens with two attached hydrogens (primary N) is 1. The van der Waals surface area contributed by atoms with Crippen LogP contribution in [0.1, 0.15) is 25.5 Å². The predicted octanol–water partition coefficient (Wildman–Crippen LogP) is 3.24. The molecule has 0 radical (unpaired) electrons. The lowest BCUT2D eigenvalue weighted by molar-refractivity contribution is 0.538. The molecule has 2 aromatic rings. The highest BCUT2D eigenvalue weighted by Gasteiger charge is 2.11. The lowest BCUT2D eigenvalue weighted by Crippen LogP contribution is -2.07. The van der Waals surface area contributed by atoms with Crippen LogP contribution < -0.4 is 5.73 Å². The Morgan fingerprint density at radius 1 is 1.35 bits per heavy atom. The maximum absolute atomic E-state index is 6.05. The van der Waals surface area contributed by atoms with Gasteiger partial charge in [-0.15, -0.1) is 0 Å². The Kier molecular flexibility index (Phi) is 3.50. The van der Waals surface area contributed by atoms with Crippen molar-refractivity contribution in [2.45, 2.75) is 26.4 Å². The molecule has 0 aliphatic carbocycles. The lowest BCUT2D eigenvalue weighted by Gasteiger charge is -2.14. The topological polar surface area (TPSA) is 43.8 Å². The maximum Gasteiger partial charge on any atom is 0.0689 e. The van der Waals surface area contributed by atoms with Crippen molar-refractivity contribution in [3.8, 4) is 11.3 Å². The van der Waals surface area contributed by atoms with Crippen LogP contribution in [0.5, 0.6) is 0 Å². The molecule has 0 unspecified atom stereocenters. The molecule has 90 valence electrons. The molecule has 0 spiro atoms. The van der Waals surface area contributed by atoms with Crippen molar-refractivity contribution in [1.82, 2.24) is 9.78 Å². The molecule has 0 aliphatic heterocycles. The van der Waals surface area contributed by atoms with Crippen molar-refractivity contribution in [1.29, 1.82) is 0 Å². The van der Waals surface area contributed by atoms with Crippen LogP contribution >= 0.6 is 11.6 Å². The van der Waals surface area contributed by atoms with Gasteiger partial charge in [0, 0.05) is 29.4 Å². The quantitative estimate of drug-likeness (QED) is 0.908. The minimum Gasteiger partial charge on any atom is -0.326 e. The first kappa shape index (κ1) is 12.1. The highest BCUT2D eigenvalue weighted by Crippen LogP contribution is 2.28. The summed E-state index contributed by atoms with van der Waals surface area (Å²) in [6, 6.07) is 8.08. The van der Waals surface area contributed by atoms with E-state index >= 15 is 0 Å². The molecule has 0 fully saturated rings. The molecule has 1 aromatic carbocycles. The first-order valence-electron chi connectivity index (χ1n) is 5.66. The van der Waals surface area contributed by atoms with Crippen molar-refractivity contribution in [3.05, 3.63) is 41.0 Å². The van der Waals surface area contributed by atoms with Crippen LogP contribution in [-0.2, 0) is 6.54 Å². The smallest absolute Gasteiger partial charge is 0.0689 e. The van der Waals surface area contributed by atoms with E-state index in [0.29, 0.717) is 17.6 Å². The van der Waals surface area contributed by atoms with E-state index in [2.05, 4.69) is 18.9 Å². The van der Waals surface area contributed by atoms with E-state index in [1.54, 1.807) is 6.20 Å². The van der Waals surface area contributed by atoms with Crippen LogP contribution in [0.3, 0.4) is 0 Å². The Morgan fingerprint density at radius 3 is 2.76 bits per heavy atom. The second-order valence-electron chi connectivity index (χ2n) is 4.26. The van der Waals surface area contributed by atoms with Crippen LogP contribution in [0.25, 0.3) is 11.3 Å². The fraction of sp³-hybridized carbons (Fsp3) is 0.308. The van der Waals surface area contributed by atoms with E-state index in [4.69, 9.17) is 17.3 Å². The molecule has 1 aromatic heterocycles. The number of benzene rings is 1. The van der Waals surface area contributed by atoms with E-state index in [-0.39, 0.29) is 0 Å². The van der Waals surface area contributed by atoms with Crippen LogP contribution in [-0.4, -0.2) is 9.78 Å². The minimum atomic E-state index is 0.310. The number of halogens is 1. The van der Waals surface area contributed by atoms with Crippen LogP contribution in [0.2, 0.25) is 5.02 Å².